The number of amides is 2. The lowest BCUT2D eigenvalue weighted by molar-refractivity contribution is -0.137. The maximum absolute atomic E-state index is 13.1. The van der Waals surface area contributed by atoms with Crippen molar-refractivity contribution < 1.29 is 31.2 Å². The van der Waals surface area contributed by atoms with Crippen molar-refractivity contribution >= 4 is 33.2 Å². The van der Waals surface area contributed by atoms with Crippen molar-refractivity contribution in [3.8, 4) is 0 Å². The molecule has 33 heavy (non-hydrogen) atoms. The van der Waals surface area contributed by atoms with Gasteiger partial charge in [-0.1, -0.05) is 12.5 Å². The van der Waals surface area contributed by atoms with Gasteiger partial charge >= 0.3 is 6.18 Å². The van der Waals surface area contributed by atoms with E-state index < -0.39 is 33.6 Å². The zero-order valence-corrected chi connectivity index (χ0v) is 18.9. The maximum Gasteiger partial charge on any atom is 0.416 e. The van der Waals surface area contributed by atoms with Gasteiger partial charge in [0.1, 0.15) is 0 Å². The highest BCUT2D eigenvalue weighted by Gasteiger charge is 2.32. The molecule has 1 aliphatic heterocycles. The van der Waals surface area contributed by atoms with Crippen LogP contribution in [0, 0.1) is 0 Å². The van der Waals surface area contributed by atoms with Crippen molar-refractivity contribution in [2.24, 2.45) is 0 Å². The third-order valence-corrected chi connectivity index (χ3v) is 7.36. The number of alkyl halides is 3. The normalized spacial score (nSPS) is 17.4. The van der Waals surface area contributed by atoms with Gasteiger partial charge in [-0.3, -0.25) is 9.59 Å². The van der Waals surface area contributed by atoms with Gasteiger partial charge in [-0.15, -0.1) is 0 Å². The van der Waals surface area contributed by atoms with E-state index in [1.54, 1.807) is 0 Å². The highest BCUT2D eigenvalue weighted by atomic mass is 32.2. The minimum atomic E-state index is -4.66. The highest BCUT2D eigenvalue weighted by molar-refractivity contribution is 7.89. The van der Waals surface area contributed by atoms with Gasteiger partial charge in [-0.25, -0.2) is 8.42 Å². The van der Waals surface area contributed by atoms with E-state index in [0.29, 0.717) is 12.6 Å². The summed E-state index contributed by atoms with van der Waals surface area (Å²) in [6, 6.07) is 7.69. The van der Waals surface area contributed by atoms with Crippen LogP contribution in [0.15, 0.2) is 47.4 Å². The predicted molar refractivity (Wildman–Crippen MR) is 117 cm³/mol. The Morgan fingerprint density at radius 3 is 2.39 bits per heavy atom. The SMILES string of the molecule is CC(=O)Nc1ccc(C(F)(F)F)cc1NC(=O)c1cccc(S(=O)(=O)N2CCCCC2C)c1. The van der Waals surface area contributed by atoms with Gasteiger partial charge in [0.25, 0.3) is 5.91 Å². The topological polar surface area (TPSA) is 95.6 Å². The van der Waals surface area contributed by atoms with Crippen LogP contribution in [0.3, 0.4) is 0 Å². The first kappa shape index (κ1) is 24.7. The third kappa shape index (κ3) is 5.72. The lowest BCUT2D eigenvalue weighted by Gasteiger charge is -2.32. The molecule has 11 heteroatoms. The van der Waals surface area contributed by atoms with Crippen LogP contribution in [0.1, 0.15) is 49.0 Å². The first-order valence-electron chi connectivity index (χ1n) is 10.3. The summed E-state index contributed by atoms with van der Waals surface area (Å²) in [4.78, 5) is 24.2. The molecule has 0 aliphatic carbocycles. The first-order chi connectivity index (χ1) is 15.4. The van der Waals surface area contributed by atoms with Crippen LogP contribution in [-0.2, 0) is 21.0 Å². The largest absolute Gasteiger partial charge is 0.416 e. The van der Waals surface area contributed by atoms with Crippen LogP contribution in [0.5, 0.6) is 0 Å². The molecule has 0 saturated carbocycles. The number of hydrogen-bond donors (Lipinski definition) is 2. The summed E-state index contributed by atoms with van der Waals surface area (Å²) in [6.07, 6.45) is -2.25. The molecule has 2 aromatic rings. The lowest BCUT2D eigenvalue weighted by Crippen LogP contribution is -2.41. The highest BCUT2D eigenvalue weighted by Crippen LogP contribution is 2.34. The number of carbonyl (C=O) groups is 2. The van der Waals surface area contributed by atoms with Gasteiger partial charge in [0.05, 0.1) is 21.8 Å². The van der Waals surface area contributed by atoms with Gasteiger partial charge in [0, 0.05) is 25.1 Å². The Hall–Kier alpha value is -2.92. The molecular weight excluding hydrogens is 459 g/mol. The number of hydrogen-bond acceptors (Lipinski definition) is 4. The third-order valence-electron chi connectivity index (χ3n) is 5.35. The van der Waals surface area contributed by atoms with E-state index in [1.807, 2.05) is 6.92 Å². The average molecular weight is 484 g/mol. The predicted octanol–water partition coefficient (Wildman–Crippen LogP) is 4.48. The number of piperidine rings is 1. The molecule has 0 radical (unpaired) electrons. The number of benzene rings is 2. The van der Waals surface area contributed by atoms with Crippen LogP contribution in [-0.4, -0.2) is 37.1 Å². The van der Waals surface area contributed by atoms with Crippen molar-refractivity contribution in [3.05, 3.63) is 53.6 Å². The number of sulfonamides is 1. The number of anilines is 2. The molecule has 1 unspecified atom stereocenters. The van der Waals surface area contributed by atoms with Gasteiger partial charge in [0.2, 0.25) is 15.9 Å². The second kappa shape index (κ2) is 9.52. The molecule has 2 amide bonds. The molecule has 0 bridgehead atoms. The monoisotopic (exact) mass is 483 g/mol. The van der Waals surface area contributed by atoms with E-state index in [4.69, 9.17) is 0 Å². The molecule has 178 valence electrons. The number of nitrogens with zero attached hydrogens (tertiary/aromatic N) is 1. The van der Waals surface area contributed by atoms with Crippen molar-refractivity contribution in [2.45, 2.75) is 50.2 Å². The Morgan fingerprint density at radius 1 is 1.03 bits per heavy atom. The van der Waals surface area contributed by atoms with Crippen LogP contribution in [0.4, 0.5) is 24.5 Å². The molecule has 1 heterocycles. The summed E-state index contributed by atoms with van der Waals surface area (Å²) >= 11 is 0. The molecule has 0 aromatic heterocycles. The van der Waals surface area contributed by atoms with Crippen molar-refractivity contribution in [1.29, 1.82) is 0 Å². The van der Waals surface area contributed by atoms with Crippen LogP contribution in [0.2, 0.25) is 0 Å². The Morgan fingerprint density at radius 2 is 1.76 bits per heavy atom. The standard InChI is InChI=1S/C22H24F3N3O4S/c1-14-6-3-4-11-28(14)33(31,32)18-8-5-7-16(12-18)21(30)27-20-13-17(22(23,24)25)9-10-19(20)26-15(2)29/h5,7-10,12-14H,3-4,6,11H2,1-2H3,(H,26,29)(H,27,30). The Balaban J connectivity index is 1.92. The molecule has 1 fully saturated rings. The summed E-state index contributed by atoms with van der Waals surface area (Å²) in [5.41, 5.74) is -1.34. The van der Waals surface area contributed by atoms with Gasteiger partial charge in [-0.2, -0.15) is 17.5 Å². The van der Waals surface area contributed by atoms with Crippen LogP contribution < -0.4 is 10.6 Å². The summed E-state index contributed by atoms with van der Waals surface area (Å²) in [5.74, 6) is -1.35. The fourth-order valence-electron chi connectivity index (χ4n) is 3.68. The second-order valence-electron chi connectivity index (χ2n) is 7.88. The zero-order valence-electron chi connectivity index (χ0n) is 18.1. The van der Waals surface area contributed by atoms with E-state index >= 15 is 0 Å². The molecule has 2 aromatic carbocycles. The average Bonchev–Trinajstić information content (AvgIpc) is 2.74. The Bertz CT molecular complexity index is 1170. The fraction of sp³-hybridized carbons (Fsp3) is 0.364. The van der Waals surface area contributed by atoms with Crippen LogP contribution in [0.25, 0.3) is 0 Å². The summed E-state index contributed by atoms with van der Waals surface area (Å²) in [7, 11) is -3.84. The first-order valence-corrected chi connectivity index (χ1v) is 11.8. The van der Waals surface area contributed by atoms with E-state index in [1.165, 1.54) is 35.5 Å². The van der Waals surface area contributed by atoms with Crippen molar-refractivity contribution in [2.75, 3.05) is 17.2 Å². The van der Waals surface area contributed by atoms with Gasteiger partial charge in [-0.05, 0) is 56.2 Å². The Kier molecular flexibility index (Phi) is 7.13. The lowest BCUT2D eigenvalue weighted by atomic mass is 10.1. The molecule has 1 saturated heterocycles. The number of nitrogens with one attached hydrogen (secondary N) is 2. The summed E-state index contributed by atoms with van der Waals surface area (Å²) < 4.78 is 67.0. The molecule has 7 nitrogen and oxygen atoms in total. The molecular formula is C22H24F3N3O4S. The molecule has 1 aliphatic rings. The van der Waals surface area contributed by atoms with Crippen molar-refractivity contribution in [1.82, 2.24) is 4.31 Å². The van der Waals surface area contributed by atoms with E-state index in [0.717, 1.165) is 31.4 Å². The van der Waals surface area contributed by atoms with Crippen molar-refractivity contribution in [3.63, 3.8) is 0 Å². The number of halogens is 3. The molecule has 2 N–H and O–H groups in total. The molecule has 1 atom stereocenters. The quantitative estimate of drug-likeness (QED) is 0.656. The smallest absolute Gasteiger partial charge is 0.325 e. The number of carbonyl (C=O) groups excluding carboxylic acids is 2. The molecule has 3 rings (SSSR count). The van der Waals surface area contributed by atoms with Gasteiger partial charge < -0.3 is 10.6 Å². The summed E-state index contributed by atoms with van der Waals surface area (Å²) in [5, 5.41) is 4.72. The van der Waals surface area contributed by atoms with Gasteiger partial charge in [0.15, 0.2) is 0 Å². The van der Waals surface area contributed by atoms with E-state index in [2.05, 4.69) is 10.6 Å². The zero-order chi connectivity index (χ0) is 24.4. The number of rotatable bonds is 5. The summed E-state index contributed by atoms with van der Waals surface area (Å²) in [6.45, 7) is 3.38. The Labute approximate surface area is 190 Å². The minimum Gasteiger partial charge on any atom is -0.325 e. The van der Waals surface area contributed by atoms with E-state index in [9.17, 15) is 31.2 Å². The minimum absolute atomic E-state index is 0.0187. The van der Waals surface area contributed by atoms with E-state index in [-0.39, 0.29) is 27.9 Å². The fourth-order valence-corrected chi connectivity index (χ4v) is 5.43. The maximum atomic E-state index is 13.1. The van der Waals surface area contributed by atoms with Crippen LogP contribution >= 0.6 is 0 Å². The molecule has 0 spiro atoms. The second-order valence-corrected chi connectivity index (χ2v) is 9.77.